The molecule has 0 bridgehead atoms. The van der Waals surface area contributed by atoms with E-state index in [1.807, 2.05) is 0 Å². The summed E-state index contributed by atoms with van der Waals surface area (Å²) in [6.07, 6.45) is 3.66. The number of hydrogen-bond acceptors (Lipinski definition) is 3. The van der Waals surface area contributed by atoms with Gasteiger partial charge >= 0.3 is 0 Å². The molecular formula is C13H16O3. The van der Waals surface area contributed by atoms with E-state index in [-0.39, 0.29) is 6.61 Å². The van der Waals surface area contributed by atoms with Gasteiger partial charge in [0.05, 0.1) is 13.2 Å². The van der Waals surface area contributed by atoms with Crippen LogP contribution in [0.15, 0.2) is 6.07 Å². The molecule has 0 spiro atoms. The van der Waals surface area contributed by atoms with Gasteiger partial charge in [0.15, 0.2) is 0 Å². The number of hydrogen-bond donors (Lipinski definition) is 1. The van der Waals surface area contributed by atoms with E-state index in [0.717, 1.165) is 50.4 Å². The molecule has 0 fully saturated rings. The van der Waals surface area contributed by atoms with Crippen LogP contribution in [0.1, 0.15) is 23.1 Å². The first-order valence-electron chi connectivity index (χ1n) is 5.94. The fraction of sp³-hybridized carbons (Fsp3) is 0.538. The van der Waals surface area contributed by atoms with Gasteiger partial charge in [0.1, 0.15) is 11.5 Å². The lowest BCUT2D eigenvalue weighted by Crippen LogP contribution is -1.98. The third-order valence-corrected chi connectivity index (χ3v) is 3.35. The van der Waals surface area contributed by atoms with E-state index in [1.54, 1.807) is 0 Å². The number of fused-ring (bicyclic) bond motifs is 2. The van der Waals surface area contributed by atoms with Crippen LogP contribution in [-0.2, 0) is 19.3 Å². The van der Waals surface area contributed by atoms with E-state index in [4.69, 9.17) is 14.6 Å². The summed E-state index contributed by atoms with van der Waals surface area (Å²) in [6.45, 7) is 1.80. The molecule has 3 nitrogen and oxygen atoms in total. The van der Waals surface area contributed by atoms with E-state index in [9.17, 15) is 0 Å². The fourth-order valence-electron chi connectivity index (χ4n) is 2.61. The third-order valence-electron chi connectivity index (χ3n) is 3.35. The first kappa shape index (κ1) is 9.97. The topological polar surface area (TPSA) is 38.7 Å². The molecule has 0 amide bonds. The second kappa shape index (κ2) is 3.98. The van der Waals surface area contributed by atoms with Crippen molar-refractivity contribution in [2.24, 2.45) is 0 Å². The van der Waals surface area contributed by atoms with Crippen molar-refractivity contribution in [3.63, 3.8) is 0 Å². The van der Waals surface area contributed by atoms with Crippen molar-refractivity contribution < 1.29 is 14.6 Å². The van der Waals surface area contributed by atoms with Crippen molar-refractivity contribution in [2.45, 2.75) is 25.7 Å². The van der Waals surface area contributed by atoms with E-state index in [1.165, 1.54) is 16.7 Å². The SMILES string of the molecule is OCCCc1c2c(cc3c1OCC3)OCC2. The number of aliphatic hydroxyl groups excluding tert-OH is 1. The Bertz CT molecular complexity index is 380. The highest BCUT2D eigenvalue weighted by Crippen LogP contribution is 2.40. The Morgan fingerprint density at radius 3 is 2.94 bits per heavy atom. The van der Waals surface area contributed by atoms with Crippen LogP contribution in [0.4, 0.5) is 0 Å². The first-order valence-corrected chi connectivity index (χ1v) is 5.94. The second-order valence-corrected chi connectivity index (χ2v) is 4.34. The van der Waals surface area contributed by atoms with Gasteiger partial charge in [-0.25, -0.2) is 0 Å². The van der Waals surface area contributed by atoms with Crippen LogP contribution in [0.5, 0.6) is 11.5 Å². The zero-order valence-corrected chi connectivity index (χ0v) is 9.29. The monoisotopic (exact) mass is 220 g/mol. The van der Waals surface area contributed by atoms with Gasteiger partial charge in [-0.05, 0) is 18.9 Å². The highest BCUT2D eigenvalue weighted by Gasteiger charge is 2.25. The summed E-state index contributed by atoms with van der Waals surface area (Å²) in [5.74, 6) is 2.11. The molecule has 0 aromatic heterocycles. The molecule has 86 valence electrons. The molecule has 2 aliphatic heterocycles. The molecule has 0 unspecified atom stereocenters. The summed E-state index contributed by atoms with van der Waals surface area (Å²) in [5.41, 5.74) is 3.85. The molecule has 1 aromatic rings. The molecular weight excluding hydrogens is 204 g/mol. The lowest BCUT2D eigenvalue weighted by molar-refractivity contribution is 0.287. The molecule has 2 aliphatic rings. The van der Waals surface area contributed by atoms with Crippen molar-refractivity contribution in [2.75, 3.05) is 19.8 Å². The molecule has 1 N–H and O–H groups in total. The molecule has 0 aliphatic carbocycles. The predicted octanol–water partition coefficient (Wildman–Crippen LogP) is 1.48. The average Bonchev–Trinajstić information content (AvgIpc) is 2.91. The Morgan fingerprint density at radius 2 is 2.06 bits per heavy atom. The van der Waals surface area contributed by atoms with Gasteiger partial charge in [-0.1, -0.05) is 0 Å². The maximum Gasteiger partial charge on any atom is 0.126 e. The van der Waals surface area contributed by atoms with Crippen LogP contribution in [0.25, 0.3) is 0 Å². The Balaban J connectivity index is 2.05. The number of aliphatic hydroxyl groups is 1. The Hall–Kier alpha value is -1.22. The zero-order chi connectivity index (χ0) is 11.0. The van der Waals surface area contributed by atoms with Gasteiger partial charge in [-0.2, -0.15) is 0 Å². The summed E-state index contributed by atoms with van der Waals surface area (Å²) in [5, 5.41) is 8.95. The molecule has 0 saturated carbocycles. The van der Waals surface area contributed by atoms with Crippen molar-refractivity contribution in [3.8, 4) is 11.5 Å². The smallest absolute Gasteiger partial charge is 0.126 e. The molecule has 0 atom stereocenters. The summed E-state index contributed by atoms with van der Waals surface area (Å²) in [4.78, 5) is 0. The molecule has 3 heteroatoms. The van der Waals surface area contributed by atoms with Crippen molar-refractivity contribution >= 4 is 0 Å². The molecule has 3 rings (SSSR count). The lowest BCUT2D eigenvalue weighted by Gasteiger charge is -2.12. The highest BCUT2D eigenvalue weighted by molar-refractivity contribution is 5.56. The Kier molecular flexibility index (Phi) is 2.48. The number of benzene rings is 1. The standard InChI is InChI=1S/C13H16O3/c14-5-1-2-11-10-4-7-15-12(10)8-9-3-6-16-13(9)11/h8,14H,1-7H2. The Labute approximate surface area is 95.0 Å². The summed E-state index contributed by atoms with van der Waals surface area (Å²) in [7, 11) is 0. The predicted molar refractivity (Wildman–Crippen MR) is 60.2 cm³/mol. The molecule has 2 heterocycles. The van der Waals surface area contributed by atoms with E-state index >= 15 is 0 Å². The van der Waals surface area contributed by atoms with Crippen molar-refractivity contribution in [3.05, 3.63) is 22.8 Å². The maximum absolute atomic E-state index is 8.95. The van der Waals surface area contributed by atoms with Crippen LogP contribution < -0.4 is 9.47 Å². The summed E-state index contributed by atoms with van der Waals surface area (Å²) >= 11 is 0. The quantitative estimate of drug-likeness (QED) is 0.838. The van der Waals surface area contributed by atoms with Crippen molar-refractivity contribution in [1.82, 2.24) is 0 Å². The van der Waals surface area contributed by atoms with Gasteiger partial charge in [-0.3, -0.25) is 0 Å². The van der Waals surface area contributed by atoms with Crippen LogP contribution >= 0.6 is 0 Å². The maximum atomic E-state index is 8.95. The fourth-order valence-corrected chi connectivity index (χ4v) is 2.61. The lowest BCUT2D eigenvalue weighted by atomic mass is 9.96. The molecule has 16 heavy (non-hydrogen) atoms. The average molecular weight is 220 g/mol. The summed E-state index contributed by atoms with van der Waals surface area (Å²) < 4.78 is 11.3. The van der Waals surface area contributed by atoms with Crippen LogP contribution in [-0.4, -0.2) is 24.9 Å². The first-order chi connectivity index (χ1) is 7.90. The van der Waals surface area contributed by atoms with E-state index < -0.39 is 0 Å². The van der Waals surface area contributed by atoms with Gasteiger partial charge < -0.3 is 14.6 Å². The van der Waals surface area contributed by atoms with Crippen LogP contribution in [0.3, 0.4) is 0 Å². The van der Waals surface area contributed by atoms with E-state index in [2.05, 4.69) is 6.07 Å². The second-order valence-electron chi connectivity index (χ2n) is 4.34. The van der Waals surface area contributed by atoms with Gasteiger partial charge in [0, 0.05) is 36.1 Å². The van der Waals surface area contributed by atoms with Crippen LogP contribution in [0, 0.1) is 0 Å². The Morgan fingerprint density at radius 1 is 1.19 bits per heavy atom. The minimum absolute atomic E-state index is 0.235. The highest BCUT2D eigenvalue weighted by atomic mass is 16.5. The normalized spacial score (nSPS) is 16.6. The third kappa shape index (κ3) is 1.47. The van der Waals surface area contributed by atoms with Crippen molar-refractivity contribution in [1.29, 1.82) is 0 Å². The largest absolute Gasteiger partial charge is 0.493 e. The number of rotatable bonds is 3. The summed E-state index contributed by atoms with van der Waals surface area (Å²) in [6, 6.07) is 2.13. The van der Waals surface area contributed by atoms with Gasteiger partial charge in [0.2, 0.25) is 0 Å². The molecule has 0 radical (unpaired) electrons. The minimum atomic E-state index is 0.235. The van der Waals surface area contributed by atoms with Gasteiger partial charge in [0.25, 0.3) is 0 Å². The minimum Gasteiger partial charge on any atom is -0.493 e. The molecule has 1 aromatic carbocycles. The van der Waals surface area contributed by atoms with Gasteiger partial charge in [-0.15, -0.1) is 0 Å². The molecule has 0 saturated heterocycles. The number of ether oxygens (including phenoxy) is 2. The van der Waals surface area contributed by atoms with E-state index in [0.29, 0.717) is 0 Å². The van der Waals surface area contributed by atoms with Crippen LogP contribution in [0.2, 0.25) is 0 Å². The zero-order valence-electron chi connectivity index (χ0n) is 9.29.